The van der Waals surface area contributed by atoms with Gasteiger partial charge in [-0.1, -0.05) is 91.6 Å². The first-order valence-electron chi connectivity index (χ1n) is 19.7. The number of aliphatic hydroxyl groups excluding tert-OH is 1. The summed E-state index contributed by atoms with van der Waals surface area (Å²) in [7, 11) is 1.45. The van der Waals surface area contributed by atoms with Gasteiger partial charge in [0.15, 0.2) is 0 Å². The molecule has 2 bridgehead atoms. The number of carbonyl (C=O) groups excluding carboxylic acids is 7. The molecule has 2 aliphatic rings. The van der Waals surface area contributed by atoms with Crippen LogP contribution in [0.3, 0.4) is 0 Å². The second-order valence-electron chi connectivity index (χ2n) is 15.4. The molecule has 55 heavy (non-hydrogen) atoms. The second kappa shape index (κ2) is 20.4. The maximum atomic E-state index is 14.7. The van der Waals surface area contributed by atoms with E-state index < -0.39 is 108 Å². The Kier molecular flexibility index (Phi) is 16.6. The van der Waals surface area contributed by atoms with E-state index in [9.17, 15) is 38.7 Å². The van der Waals surface area contributed by atoms with Crippen molar-refractivity contribution in [3.05, 3.63) is 35.9 Å². The number of nitrogens with one attached hydrogen (secondary N) is 4. The first kappa shape index (κ1) is 44.9. The number of ether oxygens (including phenoxy) is 1. The number of hydrogen-bond acceptors (Lipinski definition) is 9. The van der Waals surface area contributed by atoms with Crippen LogP contribution in [0.5, 0.6) is 0 Å². The highest BCUT2D eigenvalue weighted by Gasteiger charge is 2.47. The Hall–Kier alpha value is -4.53. The summed E-state index contributed by atoms with van der Waals surface area (Å²) in [5, 5.41) is 22.2. The predicted molar refractivity (Wildman–Crippen MR) is 205 cm³/mol. The van der Waals surface area contributed by atoms with Crippen LogP contribution in [0.25, 0.3) is 0 Å². The highest BCUT2D eigenvalue weighted by molar-refractivity contribution is 5.98. The van der Waals surface area contributed by atoms with Gasteiger partial charge in [-0.3, -0.25) is 28.8 Å². The number of hydrogen-bond donors (Lipinski definition) is 5. The number of carbonyl (C=O) groups is 7. The van der Waals surface area contributed by atoms with E-state index in [4.69, 9.17) is 4.74 Å². The molecule has 0 aromatic heterocycles. The fourth-order valence-electron chi connectivity index (χ4n) is 6.97. The van der Waals surface area contributed by atoms with Crippen LogP contribution in [0.15, 0.2) is 30.3 Å². The van der Waals surface area contributed by atoms with Gasteiger partial charge in [0.05, 0.1) is 0 Å². The first-order chi connectivity index (χ1) is 26.0. The third-order valence-corrected chi connectivity index (χ3v) is 10.9. The van der Waals surface area contributed by atoms with Gasteiger partial charge in [-0.15, -0.1) is 0 Å². The minimum atomic E-state index is -1.42. The highest BCUT2D eigenvalue weighted by Crippen LogP contribution is 2.28. The molecule has 15 nitrogen and oxygen atoms in total. The Morgan fingerprint density at radius 3 is 2.05 bits per heavy atom. The van der Waals surface area contributed by atoms with Crippen LogP contribution in [0.2, 0.25) is 0 Å². The lowest BCUT2D eigenvalue weighted by molar-refractivity contribution is -0.168. The molecule has 0 saturated carbocycles. The number of cyclic esters (lactones) is 1. The lowest BCUT2D eigenvalue weighted by Gasteiger charge is -2.44. The molecule has 2 heterocycles. The van der Waals surface area contributed by atoms with Crippen LogP contribution in [0, 0.1) is 17.8 Å². The van der Waals surface area contributed by atoms with E-state index in [1.165, 1.54) is 18.9 Å². The molecule has 1 aromatic rings. The van der Waals surface area contributed by atoms with Crippen molar-refractivity contribution in [2.45, 2.75) is 149 Å². The fraction of sp³-hybridized carbons (Fsp3) is 0.675. The quantitative estimate of drug-likeness (QED) is 0.220. The lowest BCUT2D eigenvalue weighted by atomic mass is 9.90. The summed E-state index contributed by atoms with van der Waals surface area (Å²) in [6, 6.07) is 1.68. The van der Waals surface area contributed by atoms with E-state index in [1.54, 1.807) is 58.9 Å². The number of likely N-dealkylation sites (N-methyl/N-ethyl adjacent to an activating group) is 1. The molecule has 2 aliphatic heterocycles. The zero-order valence-electron chi connectivity index (χ0n) is 33.8. The third-order valence-electron chi connectivity index (χ3n) is 10.9. The monoisotopic (exact) mass is 770 g/mol. The number of piperidine rings is 1. The Morgan fingerprint density at radius 1 is 0.855 bits per heavy atom. The standard InChI is InChI=1S/C40H62N6O9/c1-10-16-29(47)42-33-25(8)55-40(54)31(22(4)5)43-35(49)28(21-26-17-14-13-15-18-26)45(9)39(53)34(24(7)12-3)46-30(48)20-19-27(38(46)52)41-36(50)32(23(6)11-2)44-37(33)51/h13-15,17-18,22-25,27-28,30-34,48H,10-12,16,19-21H2,1-9H3,(H,41,50)(H,42,47)(H,43,49)(H,44,51). The summed E-state index contributed by atoms with van der Waals surface area (Å²) >= 11 is 0. The number of fused-ring (bicyclic) bond motifs is 2. The van der Waals surface area contributed by atoms with Crippen LogP contribution in [0.4, 0.5) is 0 Å². The van der Waals surface area contributed by atoms with E-state index in [-0.39, 0.29) is 25.7 Å². The van der Waals surface area contributed by atoms with Gasteiger partial charge >= 0.3 is 5.97 Å². The van der Waals surface area contributed by atoms with Crippen molar-refractivity contribution in [3.8, 4) is 0 Å². The molecule has 2 fully saturated rings. The molecule has 5 N–H and O–H groups in total. The molecular formula is C40H62N6O9. The smallest absolute Gasteiger partial charge is 0.329 e. The average molecular weight is 771 g/mol. The van der Waals surface area contributed by atoms with Crippen molar-refractivity contribution < 1.29 is 43.4 Å². The molecule has 0 aliphatic carbocycles. The molecular weight excluding hydrogens is 708 g/mol. The van der Waals surface area contributed by atoms with Gasteiger partial charge in [-0.05, 0) is 49.5 Å². The number of amides is 6. The van der Waals surface area contributed by atoms with Crippen LogP contribution >= 0.6 is 0 Å². The zero-order valence-corrected chi connectivity index (χ0v) is 33.8. The van der Waals surface area contributed by atoms with Gasteiger partial charge in [0.2, 0.25) is 35.4 Å². The second-order valence-corrected chi connectivity index (χ2v) is 15.4. The topological polar surface area (TPSA) is 204 Å². The van der Waals surface area contributed by atoms with Crippen molar-refractivity contribution in [2.24, 2.45) is 17.8 Å². The van der Waals surface area contributed by atoms with Gasteiger partial charge in [0.25, 0.3) is 0 Å². The molecule has 2 saturated heterocycles. The van der Waals surface area contributed by atoms with Crippen LogP contribution in [-0.4, -0.2) is 112 Å². The van der Waals surface area contributed by atoms with E-state index in [0.29, 0.717) is 19.3 Å². The molecule has 306 valence electrons. The maximum absolute atomic E-state index is 14.7. The molecule has 1 aromatic carbocycles. The van der Waals surface area contributed by atoms with Gasteiger partial charge < -0.3 is 40.9 Å². The summed E-state index contributed by atoms with van der Waals surface area (Å²) in [5.74, 6) is -6.16. The molecule has 0 spiro atoms. The summed E-state index contributed by atoms with van der Waals surface area (Å²) in [5.41, 5.74) is 0.725. The van der Waals surface area contributed by atoms with Crippen LogP contribution in [-0.2, 0) is 44.7 Å². The normalized spacial score (nSPS) is 28.9. The van der Waals surface area contributed by atoms with E-state index >= 15 is 0 Å². The Bertz CT molecular complexity index is 1520. The maximum Gasteiger partial charge on any atom is 0.329 e. The average Bonchev–Trinajstić information content (AvgIpc) is 3.15. The Morgan fingerprint density at radius 2 is 1.47 bits per heavy atom. The summed E-state index contributed by atoms with van der Waals surface area (Å²) in [6.45, 7) is 13.8. The molecule has 0 radical (unpaired) electrons. The minimum Gasteiger partial charge on any atom is -0.458 e. The summed E-state index contributed by atoms with van der Waals surface area (Å²) < 4.78 is 5.81. The Labute approximate surface area is 325 Å². The Balaban J connectivity index is 2.22. The molecule has 15 heteroatoms. The molecule has 6 amide bonds. The first-order valence-corrected chi connectivity index (χ1v) is 19.7. The SMILES string of the molecule is CCCC(=O)NC1C(=O)NC(C(C)CC)C(=O)NC2CCC(O)N(C2=O)C(C(C)CC)C(=O)N(C)C(Cc2ccccc2)C(=O)NC(C(C)C)C(=O)OC1C. The van der Waals surface area contributed by atoms with Crippen molar-refractivity contribution >= 4 is 41.4 Å². The zero-order chi connectivity index (χ0) is 41.1. The fourth-order valence-corrected chi connectivity index (χ4v) is 6.97. The van der Waals surface area contributed by atoms with Gasteiger partial charge in [-0.25, -0.2) is 4.79 Å². The largest absolute Gasteiger partial charge is 0.458 e. The van der Waals surface area contributed by atoms with Crippen LogP contribution < -0.4 is 21.3 Å². The van der Waals surface area contributed by atoms with Crippen molar-refractivity contribution in [1.29, 1.82) is 0 Å². The summed E-state index contributed by atoms with van der Waals surface area (Å²) in [6.07, 6.45) is -0.975. The minimum absolute atomic E-state index is 0.0491. The number of rotatable bonds is 10. The number of esters is 1. The van der Waals surface area contributed by atoms with Crippen molar-refractivity contribution in [2.75, 3.05) is 7.05 Å². The van der Waals surface area contributed by atoms with E-state index in [1.807, 2.05) is 19.9 Å². The third kappa shape index (κ3) is 11.3. The van der Waals surface area contributed by atoms with Gasteiger partial charge in [0, 0.05) is 19.9 Å². The van der Waals surface area contributed by atoms with Gasteiger partial charge in [0.1, 0.15) is 48.6 Å². The summed E-state index contributed by atoms with van der Waals surface area (Å²) in [4.78, 5) is 100. The molecule has 10 unspecified atom stereocenters. The van der Waals surface area contributed by atoms with Crippen molar-refractivity contribution in [3.63, 3.8) is 0 Å². The highest BCUT2D eigenvalue weighted by atomic mass is 16.5. The molecule has 10 atom stereocenters. The molecule has 3 rings (SSSR count). The lowest BCUT2D eigenvalue weighted by Crippen LogP contribution is -2.66. The number of nitrogens with zero attached hydrogens (tertiary/aromatic N) is 2. The number of aliphatic hydroxyl groups is 1. The predicted octanol–water partition coefficient (Wildman–Crippen LogP) is 1.80. The van der Waals surface area contributed by atoms with E-state index in [0.717, 1.165) is 10.5 Å². The number of benzene rings is 1. The van der Waals surface area contributed by atoms with E-state index in [2.05, 4.69) is 21.3 Å². The van der Waals surface area contributed by atoms with Crippen molar-refractivity contribution in [1.82, 2.24) is 31.1 Å². The van der Waals surface area contributed by atoms with Gasteiger partial charge in [-0.2, -0.15) is 0 Å². The van der Waals surface area contributed by atoms with Crippen LogP contribution in [0.1, 0.15) is 99.5 Å².